The summed E-state index contributed by atoms with van der Waals surface area (Å²) in [5, 5.41) is 20.5. The van der Waals surface area contributed by atoms with Gasteiger partial charge in [0.05, 0.1) is 10.7 Å². The first-order valence-corrected chi connectivity index (χ1v) is 11.1. The molecule has 4 N–H and O–H groups in total. The number of aliphatic carboxylic acids is 1. The highest BCUT2D eigenvalue weighted by atomic mass is 79.9. The molecule has 10 heteroatoms. The molecule has 2 aromatic carbocycles. The van der Waals surface area contributed by atoms with E-state index in [9.17, 15) is 14.4 Å². The fraction of sp³-hybridized carbons (Fsp3) is 0.217. The molecule has 1 atom stereocenters. The van der Waals surface area contributed by atoms with E-state index in [1.165, 1.54) is 6.20 Å². The summed E-state index contributed by atoms with van der Waals surface area (Å²) < 4.78 is 6.00. The minimum atomic E-state index is -1.10. The largest absolute Gasteiger partial charge is 0.481 e. The van der Waals surface area contributed by atoms with Gasteiger partial charge in [-0.2, -0.15) is 5.10 Å². The molecule has 0 aliphatic heterocycles. The van der Waals surface area contributed by atoms with E-state index in [4.69, 9.17) is 9.84 Å². The Bertz CT molecular complexity index is 1150. The summed E-state index contributed by atoms with van der Waals surface area (Å²) in [5.41, 5.74) is 4.34. The average molecular weight is 513 g/mol. The third-order valence-corrected chi connectivity index (χ3v) is 6.04. The molecule has 0 saturated heterocycles. The van der Waals surface area contributed by atoms with Gasteiger partial charge in [-0.05, 0) is 44.6 Å². The van der Waals surface area contributed by atoms with Gasteiger partial charge in [-0.25, -0.2) is 4.79 Å². The Kier molecular flexibility index (Phi) is 6.74. The summed E-state index contributed by atoms with van der Waals surface area (Å²) >= 11 is 3.23. The van der Waals surface area contributed by atoms with Crippen molar-refractivity contribution in [2.24, 2.45) is 0 Å². The molecule has 0 spiro atoms. The number of nitrogens with zero attached hydrogens (tertiary/aromatic N) is 1. The van der Waals surface area contributed by atoms with E-state index < -0.39 is 24.0 Å². The van der Waals surface area contributed by atoms with E-state index in [1.807, 2.05) is 48.5 Å². The molecule has 3 aromatic rings. The zero-order chi connectivity index (χ0) is 23.4. The Balaban J connectivity index is 1.43. The van der Waals surface area contributed by atoms with Crippen LogP contribution in [0.5, 0.6) is 0 Å². The average Bonchev–Trinajstić information content (AvgIpc) is 3.35. The summed E-state index contributed by atoms with van der Waals surface area (Å²) in [5.74, 6) is -1.50. The van der Waals surface area contributed by atoms with Crippen LogP contribution in [0.25, 0.3) is 11.1 Å². The van der Waals surface area contributed by atoms with Crippen molar-refractivity contribution in [3.8, 4) is 11.1 Å². The summed E-state index contributed by atoms with van der Waals surface area (Å²) in [6.45, 7) is 0.0826. The second kappa shape index (κ2) is 9.86. The summed E-state index contributed by atoms with van der Waals surface area (Å²) in [6, 6.07) is 14.8. The lowest BCUT2D eigenvalue weighted by molar-refractivity contribution is -0.137. The van der Waals surface area contributed by atoms with Crippen LogP contribution < -0.4 is 10.6 Å². The summed E-state index contributed by atoms with van der Waals surface area (Å²) in [4.78, 5) is 36.2. The molecule has 1 aliphatic rings. The number of hydrogen-bond acceptors (Lipinski definition) is 5. The highest BCUT2D eigenvalue weighted by Crippen LogP contribution is 2.44. The molecule has 1 unspecified atom stereocenters. The lowest BCUT2D eigenvalue weighted by atomic mass is 9.98. The number of alkyl carbamates (subject to hydrolysis) is 1. The van der Waals surface area contributed by atoms with Crippen LogP contribution in [-0.2, 0) is 14.3 Å². The molecule has 0 fully saturated rings. The van der Waals surface area contributed by atoms with E-state index in [0.29, 0.717) is 10.3 Å². The highest BCUT2D eigenvalue weighted by Gasteiger charge is 2.30. The third-order valence-electron chi connectivity index (χ3n) is 5.44. The van der Waals surface area contributed by atoms with Gasteiger partial charge < -0.3 is 20.5 Å². The zero-order valence-electron chi connectivity index (χ0n) is 17.4. The minimum absolute atomic E-state index is 0.0826. The van der Waals surface area contributed by atoms with Gasteiger partial charge in [0.15, 0.2) is 0 Å². The standard InChI is InChI=1S/C23H21BrN4O5/c24-18-11-25-28-21(18)27-22(31)19(9-10-20(29)30)26-23(32)33-12-17-15-7-3-1-5-13(15)14-6-2-4-8-16(14)17/h1-8,11,17,19H,9-10,12H2,(H,26,32)(H,29,30)(H2,25,27,28,31). The van der Waals surface area contributed by atoms with Crippen molar-refractivity contribution in [2.75, 3.05) is 11.9 Å². The fourth-order valence-electron chi connectivity index (χ4n) is 3.89. The van der Waals surface area contributed by atoms with Gasteiger partial charge in [0.25, 0.3) is 0 Å². The molecule has 1 aromatic heterocycles. The minimum Gasteiger partial charge on any atom is -0.481 e. The van der Waals surface area contributed by atoms with Crippen molar-refractivity contribution in [3.05, 3.63) is 70.3 Å². The third kappa shape index (κ3) is 5.06. The number of carboxylic acid groups (broad SMARTS) is 1. The second-order valence-corrected chi connectivity index (χ2v) is 8.39. The van der Waals surface area contributed by atoms with E-state index in [2.05, 4.69) is 36.8 Å². The van der Waals surface area contributed by atoms with E-state index >= 15 is 0 Å². The number of hydrogen-bond donors (Lipinski definition) is 4. The van der Waals surface area contributed by atoms with Crippen LogP contribution in [0.3, 0.4) is 0 Å². The summed E-state index contributed by atoms with van der Waals surface area (Å²) in [6.07, 6.45) is 0.259. The van der Waals surface area contributed by atoms with Crippen LogP contribution in [0, 0.1) is 0 Å². The molecule has 170 valence electrons. The Hall–Kier alpha value is -3.66. The lowest BCUT2D eigenvalue weighted by Crippen LogP contribution is -2.44. The number of ether oxygens (including phenoxy) is 1. The first-order chi connectivity index (χ1) is 15.9. The smallest absolute Gasteiger partial charge is 0.407 e. The molecule has 0 radical (unpaired) electrons. The number of fused-ring (bicyclic) bond motifs is 3. The number of H-pyrrole nitrogens is 1. The Morgan fingerprint density at radius 2 is 1.73 bits per heavy atom. The molecule has 1 heterocycles. The van der Waals surface area contributed by atoms with Crippen LogP contribution in [-0.4, -0.2) is 45.9 Å². The van der Waals surface area contributed by atoms with Crippen LogP contribution in [0.1, 0.15) is 29.9 Å². The second-order valence-electron chi connectivity index (χ2n) is 7.54. The number of aromatic nitrogens is 2. The maximum absolute atomic E-state index is 12.7. The van der Waals surface area contributed by atoms with Crippen molar-refractivity contribution in [2.45, 2.75) is 24.8 Å². The predicted octanol–water partition coefficient (Wildman–Crippen LogP) is 3.88. The molecule has 0 saturated carbocycles. The molecular weight excluding hydrogens is 492 g/mol. The van der Waals surface area contributed by atoms with E-state index in [-0.39, 0.29) is 25.4 Å². The van der Waals surface area contributed by atoms with Crippen molar-refractivity contribution in [1.29, 1.82) is 0 Å². The monoisotopic (exact) mass is 512 g/mol. The molecule has 9 nitrogen and oxygen atoms in total. The van der Waals surface area contributed by atoms with E-state index in [1.54, 1.807) is 0 Å². The van der Waals surface area contributed by atoms with Gasteiger partial charge in [-0.3, -0.25) is 14.7 Å². The van der Waals surface area contributed by atoms with Crippen molar-refractivity contribution < 1.29 is 24.2 Å². The molecule has 1 aliphatic carbocycles. The van der Waals surface area contributed by atoms with Gasteiger partial charge >= 0.3 is 12.1 Å². The lowest BCUT2D eigenvalue weighted by Gasteiger charge is -2.19. The first kappa shape index (κ1) is 22.5. The number of carbonyl (C=O) groups excluding carboxylic acids is 2. The molecule has 4 rings (SSSR count). The number of carbonyl (C=O) groups is 3. The number of amides is 2. The molecule has 33 heavy (non-hydrogen) atoms. The topological polar surface area (TPSA) is 133 Å². The van der Waals surface area contributed by atoms with Crippen molar-refractivity contribution in [3.63, 3.8) is 0 Å². The number of nitrogens with one attached hydrogen (secondary N) is 3. The van der Waals surface area contributed by atoms with Gasteiger partial charge in [-0.1, -0.05) is 48.5 Å². The number of aromatic amines is 1. The number of carboxylic acids is 1. The molecule has 2 amide bonds. The van der Waals surface area contributed by atoms with Crippen LogP contribution in [0.2, 0.25) is 0 Å². The fourth-order valence-corrected chi connectivity index (χ4v) is 4.18. The first-order valence-electron chi connectivity index (χ1n) is 10.3. The number of benzene rings is 2. The number of anilines is 1. The normalized spacial score (nSPS) is 13.0. The van der Waals surface area contributed by atoms with Gasteiger partial charge in [0.2, 0.25) is 5.91 Å². The quantitative estimate of drug-likeness (QED) is 0.361. The van der Waals surface area contributed by atoms with Crippen LogP contribution in [0.4, 0.5) is 10.6 Å². The maximum atomic E-state index is 12.7. The molecular formula is C23H21BrN4O5. The predicted molar refractivity (Wildman–Crippen MR) is 124 cm³/mol. The van der Waals surface area contributed by atoms with Crippen molar-refractivity contribution >= 4 is 39.7 Å². The Morgan fingerprint density at radius 1 is 1.09 bits per heavy atom. The summed E-state index contributed by atoms with van der Waals surface area (Å²) in [7, 11) is 0. The zero-order valence-corrected chi connectivity index (χ0v) is 19.0. The van der Waals surface area contributed by atoms with Gasteiger partial charge in [0, 0.05) is 12.3 Å². The molecule has 0 bridgehead atoms. The number of halogens is 1. The van der Waals surface area contributed by atoms with Gasteiger partial charge in [-0.15, -0.1) is 0 Å². The maximum Gasteiger partial charge on any atom is 0.407 e. The van der Waals surface area contributed by atoms with Crippen LogP contribution >= 0.6 is 15.9 Å². The Morgan fingerprint density at radius 3 is 2.30 bits per heavy atom. The Labute approximate surface area is 197 Å². The van der Waals surface area contributed by atoms with Crippen molar-refractivity contribution in [1.82, 2.24) is 15.5 Å². The van der Waals surface area contributed by atoms with Gasteiger partial charge in [0.1, 0.15) is 18.5 Å². The number of rotatable bonds is 8. The van der Waals surface area contributed by atoms with Crippen LogP contribution in [0.15, 0.2) is 59.2 Å². The highest BCUT2D eigenvalue weighted by molar-refractivity contribution is 9.10. The van der Waals surface area contributed by atoms with E-state index in [0.717, 1.165) is 22.3 Å². The SMILES string of the molecule is O=C(O)CCC(NC(=O)OCC1c2ccccc2-c2ccccc21)C(=O)Nc1[nH]ncc1Br.